The molecule has 1 fully saturated rings. The molecule has 0 amide bonds. The van der Waals surface area contributed by atoms with Gasteiger partial charge in [-0.2, -0.15) is 0 Å². The van der Waals surface area contributed by atoms with Crippen LogP contribution in [0.3, 0.4) is 0 Å². The Morgan fingerprint density at radius 1 is 1.33 bits per heavy atom. The van der Waals surface area contributed by atoms with Gasteiger partial charge in [-0.15, -0.1) is 0 Å². The van der Waals surface area contributed by atoms with E-state index in [4.69, 9.17) is 4.74 Å². The lowest BCUT2D eigenvalue weighted by Crippen LogP contribution is -2.46. The predicted octanol–water partition coefficient (Wildman–Crippen LogP) is 0.656. The van der Waals surface area contributed by atoms with Gasteiger partial charge >= 0.3 is 0 Å². The van der Waals surface area contributed by atoms with E-state index in [-0.39, 0.29) is 6.61 Å². The predicted molar refractivity (Wildman–Crippen MR) is 105 cm³/mol. The van der Waals surface area contributed by atoms with Crippen LogP contribution in [0.4, 0.5) is 5.82 Å². The van der Waals surface area contributed by atoms with Gasteiger partial charge in [0.2, 0.25) is 0 Å². The smallest absolute Gasteiger partial charge is 0.167 e. The Morgan fingerprint density at radius 3 is 2.93 bits per heavy atom. The zero-order valence-electron chi connectivity index (χ0n) is 14.2. The third kappa shape index (κ3) is 3.38. The number of hydrogen-bond acceptors (Lipinski definition) is 8. The van der Waals surface area contributed by atoms with Gasteiger partial charge in [-0.25, -0.2) is 15.0 Å². The minimum Gasteiger partial charge on any atom is -0.393 e. The molecule has 1 saturated heterocycles. The molecule has 3 heterocycles. The molecule has 27 heavy (non-hydrogen) atoms. The highest BCUT2D eigenvalue weighted by molar-refractivity contribution is 14.1. The van der Waals surface area contributed by atoms with Crippen LogP contribution < -0.4 is 5.32 Å². The van der Waals surface area contributed by atoms with Crippen molar-refractivity contribution in [1.82, 2.24) is 19.5 Å². The van der Waals surface area contributed by atoms with E-state index in [1.807, 2.05) is 18.2 Å². The number of rotatable bonds is 5. The molecule has 3 aromatic rings. The molecule has 1 aliphatic heterocycles. The lowest BCUT2D eigenvalue weighted by molar-refractivity contribution is -0.0873. The van der Waals surface area contributed by atoms with E-state index in [0.29, 0.717) is 23.5 Å². The van der Waals surface area contributed by atoms with Crippen molar-refractivity contribution in [2.24, 2.45) is 0 Å². The molecule has 9 nitrogen and oxygen atoms in total. The molecular formula is C17H18IN5O4. The van der Waals surface area contributed by atoms with Crippen molar-refractivity contribution in [2.75, 3.05) is 18.5 Å². The molecule has 0 radical (unpaired) electrons. The van der Waals surface area contributed by atoms with Gasteiger partial charge in [0, 0.05) is 10.1 Å². The molecule has 142 valence electrons. The fourth-order valence-corrected chi connectivity index (χ4v) is 3.65. The van der Waals surface area contributed by atoms with Gasteiger partial charge in [-0.05, 0) is 40.3 Å². The number of aliphatic hydroxyl groups excluding tert-OH is 2. The highest BCUT2D eigenvalue weighted by Crippen LogP contribution is 2.33. The first-order chi connectivity index (χ1) is 13.0. The number of ether oxygens (including phenoxy) is 1. The lowest BCUT2D eigenvalue weighted by atomic mass is 10.0. The van der Waals surface area contributed by atoms with Gasteiger partial charge in [-0.1, -0.05) is 12.1 Å². The molecule has 4 N–H and O–H groups in total. The van der Waals surface area contributed by atoms with E-state index < -0.39 is 24.5 Å². The normalized spacial score (nSPS) is 25.2. The van der Waals surface area contributed by atoms with Crippen LogP contribution in [0, 0.1) is 3.57 Å². The van der Waals surface area contributed by atoms with Gasteiger partial charge in [-0.3, -0.25) is 4.57 Å². The summed E-state index contributed by atoms with van der Waals surface area (Å²) in [7, 11) is 0. The number of anilines is 1. The van der Waals surface area contributed by atoms with Crippen LogP contribution in [0.2, 0.25) is 0 Å². The summed E-state index contributed by atoms with van der Waals surface area (Å²) < 4.78 is 8.17. The third-order valence-electron chi connectivity index (χ3n) is 4.58. The molecule has 10 heteroatoms. The number of aromatic nitrogens is 4. The van der Waals surface area contributed by atoms with Crippen molar-refractivity contribution in [2.45, 2.75) is 24.5 Å². The van der Waals surface area contributed by atoms with Crippen molar-refractivity contribution in [3.63, 3.8) is 0 Å². The Hall–Kier alpha value is -1.86. The molecule has 1 aliphatic rings. The van der Waals surface area contributed by atoms with Crippen molar-refractivity contribution < 1.29 is 20.1 Å². The van der Waals surface area contributed by atoms with E-state index in [1.54, 1.807) is 0 Å². The summed E-state index contributed by atoms with van der Waals surface area (Å²) in [5.74, 6) is 0.558. The molecule has 0 bridgehead atoms. The van der Waals surface area contributed by atoms with Crippen LogP contribution in [0.15, 0.2) is 36.9 Å². The SMILES string of the molecule is OC[C@]1(O)CO[C@@H](n2cnc3c(NCc4cccc(I)c4)ncnc32)[C@@H]1O. The topological polar surface area (TPSA) is 126 Å². The van der Waals surface area contributed by atoms with Crippen LogP contribution in [0.1, 0.15) is 11.8 Å². The quantitative estimate of drug-likeness (QED) is 0.390. The number of benzene rings is 1. The van der Waals surface area contributed by atoms with Crippen molar-refractivity contribution >= 4 is 39.6 Å². The van der Waals surface area contributed by atoms with E-state index in [2.05, 4.69) is 48.9 Å². The van der Waals surface area contributed by atoms with E-state index in [9.17, 15) is 15.3 Å². The molecule has 2 aromatic heterocycles. The molecular weight excluding hydrogens is 465 g/mol. The largest absolute Gasteiger partial charge is 0.393 e. The lowest BCUT2D eigenvalue weighted by Gasteiger charge is -2.24. The number of nitrogens with one attached hydrogen (secondary N) is 1. The summed E-state index contributed by atoms with van der Waals surface area (Å²) >= 11 is 2.26. The number of halogens is 1. The number of imidazole rings is 1. The first kappa shape index (κ1) is 18.5. The summed E-state index contributed by atoms with van der Waals surface area (Å²) in [5.41, 5.74) is 0.384. The maximum Gasteiger partial charge on any atom is 0.167 e. The first-order valence-electron chi connectivity index (χ1n) is 8.30. The van der Waals surface area contributed by atoms with E-state index in [0.717, 1.165) is 9.13 Å². The minimum atomic E-state index is -1.71. The van der Waals surface area contributed by atoms with Gasteiger partial charge in [0.25, 0.3) is 0 Å². The number of aliphatic hydroxyl groups is 3. The zero-order valence-corrected chi connectivity index (χ0v) is 16.3. The molecule has 0 saturated carbocycles. The summed E-state index contributed by atoms with van der Waals surface area (Å²) in [6.07, 6.45) is 0.674. The average Bonchev–Trinajstić information content (AvgIpc) is 3.22. The monoisotopic (exact) mass is 483 g/mol. The highest BCUT2D eigenvalue weighted by atomic mass is 127. The van der Waals surface area contributed by atoms with E-state index >= 15 is 0 Å². The van der Waals surface area contributed by atoms with Gasteiger partial charge < -0.3 is 25.4 Å². The summed E-state index contributed by atoms with van der Waals surface area (Å²) in [6, 6.07) is 8.10. The average molecular weight is 483 g/mol. The van der Waals surface area contributed by atoms with Crippen LogP contribution in [-0.4, -0.2) is 59.8 Å². The maximum atomic E-state index is 10.3. The molecule has 0 aliphatic carbocycles. The Bertz CT molecular complexity index is 967. The van der Waals surface area contributed by atoms with Crippen LogP contribution in [0.25, 0.3) is 11.2 Å². The van der Waals surface area contributed by atoms with Crippen molar-refractivity contribution in [3.05, 3.63) is 46.1 Å². The Balaban J connectivity index is 1.60. The van der Waals surface area contributed by atoms with E-state index in [1.165, 1.54) is 17.2 Å². The number of nitrogens with zero attached hydrogens (tertiary/aromatic N) is 4. The van der Waals surface area contributed by atoms with Crippen LogP contribution >= 0.6 is 22.6 Å². The van der Waals surface area contributed by atoms with Crippen LogP contribution in [-0.2, 0) is 11.3 Å². The second-order valence-corrected chi connectivity index (χ2v) is 7.68. The summed E-state index contributed by atoms with van der Waals surface area (Å²) in [5, 5.41) is 33.1. The molecule has 1 aromatic carbocycles. The standard InChI is InChI=1S/C17H18IN5O4/c18-11-3-1-2-10(4-11)5-19-14-12-15(21-8-20-14)23(9-22-12)16-13(25)17(26,6-24)7-27-16/h1-4,8-9,13,16,24-26H,5-7H2,(H,19,20,21)/t13-,16+,17-/m0/s1. The number of fused-ring (bicyclic) bond motifs is 1. The second-order valence-electron chi connectivity index (χ2n) is 6.44. The van der Waals surface area contributed by atoms with Gasteiger partial charge in [0.05, 0.1) is 19.5 Å². The third-order valence-corrected chi connectivity index (χ3v) is 5.25. The molecule has 4 rings (SSSR count). The fraction of sp³-hybridized carbons (Fsp3) is 0.353. The van der Waals surface area contributed by atoms with Crippen LogP contribution in [0.5, 0.6) is 0 Å². The summed E-state index contributed by atoms with van der Waals surface area (Å²) in [6.45, 7) is -0.213. The molecule has 3 atom stereocenters. The highest BCUT2D eigenvalue weighted by Gasteiger charge is 2.49. The Morgan fingerprint density at radius 2 is 2.19 bits per heavy atom. The molecule has 0 spiro atoms. The number of hydrogen-bond donors (Lipinski definition) is 4. The molecule has 0 unspecified atom stereocenters. The minimum absolute atomic E-state index is 0.183. The second kappa shape index (κ2) is 7.28. The van der Waals surface area contributed by atoms with Crippen molar-refractivity contribution in [3.8, 4) is 0 Å². The van der Waals surface area contributed by atoms with Crippen molar-refractivity contribution in [1.29, 1.82) is 0 Å². The van der Waals surface area contributed by atoms with Gasteiger partial charge in [0.15, 0.2) is 23.2 Å². The fourth-order valence-electron chi connectivity index (χ4n) is 3.04. The maximum absolute atomic E-state index is 10.3. The Kier molecular flexibility index (Phi) is 4.99. The zero-order chi connectivity index (χ0) is 19.0. The Labute approximate surface area is 168 Å². The summed E-state index contributed by atoms with van der Waals surface area (Å²) in [4.78, 5) is 12.8. The first-order valence-corrected chi connectivity index (χ1v) is 9.38. The van der Waals surface area contributed by atoms with Gasteiger partial charge in [0.1, 0.15) is 18.0 Å².